The fraction of sp³-hybridized carbons (Fsp3) is 0.882. The number of rotatable bonds is 7. The van der Waals surface area contributed by atoms with Crippen molar-refractivity contribution in [3.05, 3.63) is 0 Å². The fourth-order valence-corrected chi connectivity index (χ4v) is 1.73. The number of nitrogens with zero attached hydrogens (tertiary/aromatic N) is 1. The number of carbonyl (C=O) groups is 1. The number of nitrogens with one attached hydrogen (secondary N) is 3. The zero-order valence-electron chi connectivity index (χ0n) is 16.5. The molecule has 144 valence electrons. The lowest BCUT2D eigenvalue weighted by Crippen LogP contribution is -2.50. The second kappa shape index (κ2) is 12.6. The van der Waals surface area contributed by atoms with Crippen molar-refractivity contribution in [3.8, 4) is 0 Å². The zero-order valence-corrected chi connectivity index (χ0v) is 18.9. The Morgan fingerprint density at radius 2 is 1.71 bits per heavy atom. The largest absolute Gasteiger partial charge is 0.444 e. The Morgan fingerprint density at radius 1 is 1.12 bits per heavy atom. The van der Waals surface area contributed by atoms with Crippen LogP contribution in [0.4, 0.5) is 4.79 Å². The van der Waals surface area contributed by atoms with Crippen LogP contribution in [0.25, 0.3) is 0 Å². The molecule has 0 aromatic carbocycles. The van der Waals surface area contributed by atoms with E-state index in [1.165, 1.54) is 0 Å². The van der Waals surface area contributed by atoms with Gasteiger partial charge in [-0.2, -0.15) is 0 Å². The Labute approximate surface area is 165 Å². The monoisotopic (exact) mass is 456 g/mol. The first-order valence-corrected chi connectivity index (χ1v) is 8.56. The summed E-state index contributed by atoms with van der Waals surface area (Å²) in [4.78, 5) is 16.5. The Morgan fingerprint density at radius 3 is 2.12 bits per heavy atom. The molecule has 0 saturated carbocycles. The van der Waals surface area contributed by atoms with Gasteiger partial charge in [-0.1, -0.05) is 27.7 Å². The van der Waals surface area contributed by atoms with Crippen molar-refractivity contribution in [3.63, 3.8) is 0 Å². The predicted octanol–water partition coefficient (Wildman–Crippen LogP) is 3.36. The lowest BCUT2D eigenvalue weighted by Gasteiger charge is -2.26. The van der Waals surface area contributed by atoms with Crippen molar-refractivity contribution >= 4 is 36.0 Å². The van der Waals surface area contributed by atoms with Gasteiger partial charge in [0, 0.05) is 19.6 Å². The van der Waals surface area contributed by atoms with Crippen LogP contribution in [0.15, 0.2) is 4.99 Å². The van der Waals surface area contributed by atoms with E-state index in [1.807, 2.05) is 27.7 Å². The molecule has 0 aromatic heterocycles. The van der Waals surface area contributed by atoms with E-state index < -0.39 is 5.60 Å². The van der Waals surface area contributed by atoms with Crippen LogP contribution in [-0.2, 0) is 4.74 Å². The maximum atomic E-state index is 12.0. The number of hydrogen-bond donors (Lipinski definition) is 3. The van der Waals surface area contributed by atoms with Gasteiger partial charge < -0.3 is 20.7 Å². The van der Waals surface area contributed by atoms with Crippen LogP contribution >= 0.6 is 24.0 Å². The molecule has 0 aliphatic heterocycles. The Hall–Kier alpha value is -0.730. The fourth-order valence-electron chi connectivity index (χ4n) is 1.73. The van der Waals surface area contributed by atoms with Crippen LogP contribution in [0, 0.1) is 11.8 Å². The van der Waals surface area contributed by atoms with E-state index in [4.69, 9.17) is 4.74 Å². The van der Waals surface area contributed by atoms with Gasteiger partial charge in [0.15, 0.2) is 5.96 Å². The molecular weight excluding hydrogens is 419 g/mol. The van der Waals surface area contributed by atoms with Crippen molar-refractivity contribution in [2.24, 2.45) is 16.8 Å². The third-order valence-electron chi connectivity index (χ3n) is 2.96. The first-order valence-electron chi connectivity index (χ1n) is 8.56. The average molecular weight is 456 g/mol. The van der Waals surface area contributed by atoms with E-state index in [1.54, 1.807) is 0 Å². The van der Waals surface area contributed by atoms with Crippen molar-refractivity contribution in [1.82, 2.24) is 16.0 Å². The molecule has 0 bridgehead atoms. The van der Waals surface area contributed by atoms with Gasteiger partial charge in [-0.05, 0) is 39.5 Å². The molecule has 24 heavy (non-hydrogen) atoms. The van der Waals surface area contributed by atoms with Crippen LogP contribution in [0.5, 0.6) is 0 Å². The number of aliphatic imine (C=N–C) groups is 1. The third kappa shape index (κ3) is 13.7. The number of ether oxygens (including phenoxy) is 1. The summed E-state index contributed by atoms with van der Waals surface area (Å²) in [6.07, 6.45) is -0.387. The van der Waals surface area contributed by atoms with Gasteiger partial charge in [0.1, 0.15) is 5.60 Å². The standard InChI is InChI=1S/C17H36N4O2.HI/c1-9-18-15(19-10-12(2)3)20-11-14(13(4)5)21-16(22)23-17(6,7)8;/h12-14H,9-11H2,1-8H3,(H,21,22)(H2,18,19,20);1H. The van der Waals surface area contributed by atoms with E-state index >= 15 is 0 Å². The molecule has 0 aliphatic rings. The quantitative estimate of drug-likeness (QED) is 0.312. The smallest absolute Gasteiger partial charge is 0.407 e. The molecule has 0 spiro atoms. The molecule has 1 atom stereocenters. The molecule has 0 rings (SSSR count). The summed E-state index contributed by atoms with van der Waals surface area (Å²) >= 11 is 0. The molecule has 0 radical (unpaired) electrons. The van der Waals surface area contributed by atoms with Gasteiger partial charge in [0.25, 0.3) is 0 Å². The summed E-state index contributed by atoms with van der Waals surface area (Å²) in [5, 5.41) is 9.44. The Bertz CT molecular complexity index is 379. The van der Waals surface area contributed by atoms with Gasteiger partial charge in [0.05, 0.1) is 6.04 Å². The minimum absolute atomic E-state index is 0. The van der Waals surface area contributed by atoms with Gasteiger partial charge >= 0.3 is 6.09 Å². The van der Waals surface area contributed by atoms with Crippen molar-refractivity contribution in [2.45, 2.75) is 67.0 Å². The van der Waals surface area contributed by atoms with Gasteiger partial charge in [-0.15, -0.1) is 24.0 Å². The molecule has 1 amide bonds. The highest BCUT2D eigenvalue weighted by Gasteiger charge is 2.21. The summed E-state index contributed by atoms with van der Waals surface area (Å²) in [5.41, 5.74) is -0.493. The van der Waals surface area contributed by atoms with Crippen LogP contribution in [-0.4, -0.2) is 43.3 Å². The van der Waals surface area contributed by atoms with E-state index in [0.717, 1.165) is 19.0 Å². The number of alkyl carbamates (subject to hydrolysis) is 1. The molecule has 3 N–H and O–H groups in total. The normalized spacial score (nSPS) is 13.3. The molecule has 0 aromatic rings. The lowest BCUT2D eigenvalue weighted by atomic mass is 10.0. The van der Waals surface area contributed by atoms with Crippen molar-refractivity contribution < 1.29 is 9.53 Å². The average Bonchev–Trinajstić information content (AvgIpc) is 2.37. The number of hydrogen-bond acceptors (Lipinski definition) is 3. The third-order valence-corrected chi connectivity index (χ3v) is 2.96. The first kappa shape index (κ1) is 25.5. The molecule has 6 nitrogen and oxygen atoms in total. The van der Waals surface area contributed by atoms with Crippen LogP contribution in [0.1, 0.15) is 55.4 Å². The molecule has 0 saturated heterocycles. The van der Waals surface area contributed by atoms with Gasteiger partial charge in [-0.25, -0.2) is 4.79 Å². The Kier molecular flexibility index (Phi) is 13.4. The lowest BCUT2D eigenvalue weighted by molar-refractivity contribution is 0.0491. The topological polar surface area (TPSA) is 74.8 Å². The molecule has 1 unspecified atom stereocenters. The highest BCUT2D eigenvalue weighted by molar-refractivity contribution is 14.0. The molecule has 0 heterocycles. The van der Waals surface area contributed by atoms with Gasteiger partial charge in [0.2, 0.25) is 0 Å². The SMILES string of the molecule is CCNC(=NCC(C)C)NCC(NC(=O)OC(C)(C)C)C(C)C.I. The molecule has 0 fully saturated rings. The minimum Gasteiger partial charge on any atom is -0.444 e. The van der Waals surface area contributed by atoms with Crippen LogP contribution < -0.4 is 16.0 Å². The second-order valence-electron chi connectivity index (χ2n) is 7.49. The van der Waals surface area contributed by atoms with Gasteiger partial charge in [-0.3, -0.25) is 4.99 Å². The number of guanidine groups is 1. The summed E-state index contributed by atoms with van der Waals surface area (Å²) in [6, 6.07) is -0.0345. The predicted molar refractivity (Wildman–Crippen MR) is 112 cm³/mol. The minimum atomic E-state index is -0.493. The van der Waals surface area contributed by atoms with Crippen molar-refractivity contribution in [2.75, 3.05) is 19.6 Å². The maximum absolute atomic E-state index is 12.0. The van der Waals surface area contributed by atoms with E-state index in [0.29, 0.717) is 12.5 Å². The maximum Gasteiger partial charge on any atom is 0.407 e. The second-order valence-corrected chi connectivity index (χ2v) is 7.49. The van der Waals surface area contributed by atoms with Crippen LogP contribution in [0.3, 0.4) is 0 Å². The zero-order chi connectivity index (χ0) is 18.0. The van der Waals surface area contributed by atoms with E-state index in [-0.39, 0.29) is 42.0 Å². The molecule has 7 heteroatoms. The first-order chi connectivity index (χ1) is 10.5. The van der Waals surface area contributed by atoms with E-state index in [2.05, 4.69) is 48.6 Å². The number of halogens is 1. The number of amides is 1. The summed E-state index contributed by atoms with van der Waals surface area (Å²) < 4.78 is 5.33. The molecule has 0 aliphatic carbocycles. The highest BCUT2D eigenvalue weighted by Crippen LogP contribution is 2.08. The highest BCUT2D eigenvalue weighted by atomic mass is 127. The summed E-state index contributed by atoms with van der Waals surface area (Å²) in [7, 11) is 0. The molecular formula is C17H37IN4O2. The van der Waals surface area contributed by atoms with E-state index in [9.17, 15) is 4.79 Å². The summed E-state index contributed by atoms with van der Waals surface area (Å²) in [5.74, 6) is 1.56. The van der Waals surface area contributed by atoms with Crippen LogP contribution in [0.2, 0.25) is 0 Å². The number of carbonyl (C=O) groups excluding carboxylic acids is 1. The van der Waals surface area contributed by atoms with Crippen molar-refractivity contribution in [1.29, 1.82) is 0 Å². The summed E-state index contributed by atoms with van der Waals surface area (Å²) in [6.45, 7) is 18.2. The Balaban J connectivity index is 0.